The Labute approximate surface area is 116 Å². The zero-order valence-corrected chi connectivity index (χ0v) is 12.7. The Kier molecular flexibility index (Phi) is 6.07. The Bertz CT molecular complexity index is 289. The number of hydrogen-bond donors (Lipinski definition) is 3. The molecule has 5 nitrogen and oxygen atoms in total. The molecule has 3 atom stereocenters. The van der Waals surface area contributed by atoms with Gasteiger partial charge in [0.2, 0.25) is 0 Å². The number of hydrogen-bond acceptors (Lipinski definition) is 4. The maximum atomic E-state index is 11.6. The first-order valence-corrected chi connectivity index (χ1v) is 7.25. The lowest BCUT2D eigenvalue weighted by atomic mass is 10.2. The fourth-order valence-corrected chi connectivity index (χ4v) is 2.29. The molecule has 1 rings (SSSR count). The summed E-state index contributed by atoms with van der Waals surface area (Å²) in [6, 6.07) is 1.01. The Morgan fingerprint density at radius 1 is 1.42 bits per heavy atom. The van der Waals surface area contributed by atoms with Crippen molar-refractivity contribution in [3.05, 3.63) is 0 Å². The molecule has 0 bridgehead atoms. The number of nitrogens with two attached hydrogens (primary N) is 1. The standard InChI is InChI=1S/C14H29N3O2/c1-10(17-13(18)19-14(2,3)4)7-8-16-12-6-5-11(15)9-12/h10-12,16H,5-9,15H2,1-4H3,(H,17,18). The normalized spacial score (nSPS) is 25.1. The van der Waals surface area contributed by atoms with E-state index in [9.17, 15) is 4.79 Å². The largest absolute Gasteiger partial charge is 0.444 e. The number of alkyl carbamates (subject to hydrolysis) is 1. The van der Waals surface area contributed by atoms with Crippen LogP contribution in [-0.2, 0) is 4.74 Å². The third kappa shape index (κ3) is 7.38. The van der Waals surface area contributed by atoms with E-state index in [-0.39, 0.29) is 12.1 Å². The first-order valence-electron chi connectivity index (χ1n) is 7.25. The number of amides is 1. The van der Waals surface area contributed by atoms with Gasteiger partial charge < -0.3 is 21.1 Å². The van der Waals surface area contributed by atoms with E-state index in [0.717, 1.165) is 32.2 Å². The zero-order chi connectivity index (χ0) is 14.5. The van der Waals surface area contributed by atoms with Crippen LogP contribution in [0, 0.1) is 0 Å². The van der Waals surface area contributed by atoms with Crippen molar-refractivity contribution in [2.75, 3.05) is 6.54 Å². The number of carbonyl (C=O) groups excluding carboxylic acids is 1. The van der Waals surface area contributed by atoms with Gasteiger partial charge in [-0.1, -0.05) is 0 Å². The lowest BCUT2D eigenvalue weighted by molar-refractivity contribution is 0.0506. The van der Waals surface area contributed by atoms with Gasteiger partial charge in [0, 0.05) is 18.1 Å². The van der Waals surface area contributed by atoms with Crippen LogP contribution in [0.4, 0.5) is 4.79 Å². The van der Waals surface area contributed by atoms with E-state index < -0.39 is 5.60 Å². The van der Waals surface area contributed by atoms with Crippen molar-refractivity contribution in [3.8, 4) is 0 Å². The molecule has 0 heterocycles. The SMILES string of the molecule is CC(CCNC1CCC(N)C1)NC(=O)OC(C)(C)C. The van der Waals surface area contributed by atoms with Crippen LogP contribution in [-0.4, -0.2) is 36.4 Å². The van der Waals surface area contributed by atoms with Crippen LogP contribution in [0.2, 0.25) is 0 Å². The highest BCUT2D eigenvalue weighted by atomic mass is 16.6. The minimum atomic E-state index is -0.442. The molecule has 0 aromatic heterocycles. The molecule has 0 spiro atoms. The molecule has 1 amide bonds. The van der Waals surface area contributed by atoms with Crippen molar-refractivity contribution in [1.82, 2.24) is 10.6 Å². The molecule has 0 aliphatic heterocycles. The quantitative estimate of drug-likeness (QED) is 0.712. The topological polar surface area (TPSA) is 76.4 Å². The van der Waals surface area contributed by atoms with Gasteiger partial charge in [-0.2, -0.15) is 0 Å². The molecule has 0 aromatic carbocycles. The van der Waals surface area contributed by atoms with E-state index in [4.69, 9.17) is 10.5 Å². The average molecular weight is 271 g/mol. The first kappa shape index (κ1) is 16.2. The van der Waals surface area contributed by atoms with Crippen molar-refractivity contribution in [3.63, 3.8) is 0 Å². The van der Waals surface area contributed by atoms with Crippen molar-refractivity contribution < 1.29 is 9.53 Å². The van der Waals surface area contributed by atoms with Gasteiger partial charge in [0.1, 0.15) is 5.60 Å². The van der Waals surface area contributed by atoms with Crippen molar-refractivity contribution in [2.24, 2.45) is 5.73 Å². The van der Waals surface area contributed by atoms with Gasteiger partial charge in [-0.15, -0.1) is 0 Å². The summed E-state index contributed by atoms with van der Waals surface area (Å²) in [5.41, 5.74) is 5.43. The van der Waals surface area contributed by atoms with Crippen LogP contribution < -0.4 is 16.4 Å². The summed E-state index contributed by atoms with van der Waals surface area (Å²) in [6.07, 6.45) is 3.89. The average Bonchev–Trinajstić information content (AvgIpc) is 2.60. The van der Waals surface area contributed by atoms with E-state index in [1.54, 1.807) is 0 Å². The van der Waals surface area contributed by atoms with E-state index in [1.807, 2.05) is 27.7 Å². The van der Waals surface area contributed by atoms with Gasteiger partial charge in [0.05, 0.1) is 0 Å². The molecular weight excluding hydrogens is 242 g/mol. The summed E-state index contributed by atoms with van der Waals surface area (Å²) < 4.78 is 5.22. The van der Waals surface area contributed by atoms with Crippen LogP contribution in [0.25, 0.3) is 0 Å². The minimum absolute atomic E-state index is 0.109. The van der Waals surface area contributed by atoms with Gasteiger partial charge in [-0.05, 0) is 59.9 Å². The highest BCUT2D eigenvalue weighted by molar-refractivity contribution is 5.67. The van der Waals surface area contributed by atoms with Crippen LogP contribution in [0.5, 0.6) is 0 Å². The van der Waals surface area contributed by atoms with Crippen LogP contribution in [0.15, 0.2) is 0 Å². The molecule has 4 N–H and O–H groups in total. The molecule has 5 heteroatoms. The van der Waals surface area contributed by atoms with E-state index in [0.29, 0.717) is 12.1 Å². The van der Waals surface area contributed by atoms with Gasteiger partial charge >= 0.3 is 6.09 Å². The molecular formula is C14H29N3O2. The summed E-state index contributed by atoms with van der Waals surface area (Å²) in [7, 11) is 0. The molecule has 0 saturated heterocycles. The second kappa shape index (κ2) is 7.10. The Morgan fingerprint density at radius 2 is 2.11 bits per heavy atom. The fraction of sp³-hybridized carbons (Fsp3) is 0.929. The van der Waals surface area contributed by atoms with E-state index >= 15 is 0 Å². The highest BCUT2D eigenvalue weighted by Crippen LogP contribution is 2.16. The Hall–Kier alpha value is -0.810. The molecule has 0 aromatic rings. The van der Waals surface area contributed by atoms with E-state index in [2.05, 4.69) is 10.6 Å². The fourth-order valence-electron chi connectivity index (χ4n) is 2.29. The molecule has 112 valence electrons. The van der Waals surface area contributed by atoms with Crippen LogP contribution in [0.1, 0.15) is 53.4 Å². The van der Waals surface area contributed by atoms with Gasteiger partial charge in [-0.3, -0.25) is 0 Å². The van der Waals surface area contributed by atoms with E-state index in [1.165, 1.54) is 0 Å². The predicted octanol–water partition coefficient (Wildman–Crippen LogP) is 1.76. The Balaban J connectivity index is 2.10. The third-order valence-electron chi connectivity index (χ3n) is 3.25. The molecule has 1 fully saturated rings. The maximum absolute atomic E-state index is 11.6. The molecule has 0 radical (unpaired) electrons. The van der Waals surface area contributed by atoms with Gasteiger partial charge in [0.15, 0.2) is 0 Å². The first-order chi connectivity index (χ1) is 8.76. The van der Waals surface area contributed by atoms with Gasteiger partial charge in [-0.25, -0.2) is 4.79 Å². The molecule has 3 unspecified atom stereocenters. The van der Waals surface area contributed by atoms with Crippen molar-refractivity contribution in [2.45, 2.75) is 77.1 Å². The monoisotopic (exact) mass is 271 g/mol. The molecule has 19 heavy (non-hydrogen) atoms. The van der Waals surface area contributed by atoms with Crippen molar-refractivity contribution >= 4 is 6.09 Å². The van der Waals surface area contributed by atoms with Crippen LogP contribution in [0.3, 0.4) is 0 Å². The summed E-state index contributed by atoms with van der Waals surface area (Å²) in [6.45, 7) is 8.48. The summed E-state index contributed by atoms with van der Waals surface area (Å²) in [5.74, 6) is 0. The van der Waals surface area contributed by atoms with Gasteiger partial charge in [0.25, 0.3) is 0 Å². The molecule has 1 aliphatic carbocycles. The third-order valence-corrected chi connectivity index (χ3v) is 3.25. The summed E-state index contributed by atoms with van der Waals surface area (Å²) in [4.78, 5) is 11.6. The number of rotatable bonds is 5. The number of ether oxygens (including phenoxy) is 1. The van der Waals surface area contributed by atoms with Crippen LogP contribution >= 0.6 is 0 Å². The van der Waals surface area contributed by atoms with Crippen molar-refractivity contribution in [1.29, 1.82) is 0 Å². The summed E-state index contributed by atoms with van der Waals surface area (Å²) >= 11 is 0. The molecule has 1 saturated carbocycles. The number of carbonyl (C=O) groups is 1. The number of nitrogens with one attached hydrogen (secondary N) is 2. The highest BCUT2D eigenvalue weighted by Gasteiger charge is 2.21. The second-order valence-electron chi connectivity index (χ2n) is 6.56. The zero-order valence-electron chi connectivity index (χ0n) is 12.7. The lowest BCUT2D eigenvalue weighted by Crippen LogP contribution is -2.39. The lowest BCUT2D eigenvalue weighted by Gasteiger charge is -2.22. The smallest absolute Gasteiger partial charge is 0.407 e. The Morgan fingerprint density at radius 3 is 2.63 bits per heavy atom. The summed E-state index contributed by atoms with van der Waals surface area (Å²) in [5, 5.41) is 6.34. The second-order valence-corrected chi connectivity index (χ2v) is 6.56. The predicted molar refractivity (Wildman–Crippen MR) is 77.1 cm³/mol. The minimum Gasteiger partial charge on any atom is -0.444 e. The molecule has 1 aliphatic rings. The maximum Gasteiger partial charge on any atom is 0.407 e.